The van der Waals surface area contributed by atoms with Crippen LogP contribution in [0.1, 0.15) is 77.2 Å². The Morgan fingerprint density at radius 3 is 2.75 bits per heavy atom. The van der Waals surface area contributed by atoms with Gasteiger partial charge in [0.05, 0.1) is 23.9 Å². The van der Waals surface area contributed by atoms with Crippen LogP contribution in [0.5, 0.6) is 0 Å². The van der Waals surface area contributed by atoms with Gasteiger partial charge in [-0.25, -0.2) is 0 Å². The number of ketones is 1. The molecule has 5 heteroatoms. The lowest BCUT2D eigenvalue weighted by atomic mass is 9.43. The van der Waals surface area contributed by atoms with E-state index in [0.717, 1.165) is 49.6 Å². The Morgan fingerprint density at radius 1 is 1.11 bits per heavy atom. The Labute approximate surface area is 216 Å². The number of rotatable bonds is 5. The van der Waals surface area contributed by atoms with E-state index in [9.17, 15) is 9.90 Å². The van der Waals surface area contributed by atoms with Crippen LogP contribution < -0.4 is 0 Å². The highest BCUT2D eigenvalue weighted by atomic mass is 16.5. The van der Waals surface area contributed by atoms with Gasteiger partial charge in [-0.3, -0.25) is 9.48 Å². The summed E-state index contributed by atoms with van der Waals surface area (Å²) in [4.78, 5) is 13.8. The van der Waals surface area contributed by atoms with E-state index in [1.165, 1.54) is 31.2 Å². The zero-order chi connectivity index (χ0) is 25.3. The normalized spacial score (nSPS) is 42.1. The largest absolute Gasteiger partial charge is 0.390 e. The van der Waals surface area contributed by atoms with Crippen molar-refractivity contribution in [1.29, 1.82) is 0 Å². The van der Waals surface area contributed by atoms with Crippen molar-refractivity contribution in [1.82, 2.24) is 9.78 Å². The second kappa shape index (κ2) is 8.66. The van der Waals surface area contributed by atoms with Gasteiger partial charge in [-0.05, 0) is 118 Å². The second-order valence-electron chi connectivity index (χ2n) is 13.5. The first-order valence-corrected chi connectivity index (χ1v) is 14.3. The van der Waals surface area contributed by atoms with Gasteiger partial charge in [-0.2, -0.15) is 5.10 Å². The Balaban J connectivity index is 1.24. The standard InChI is InChI=1S/C31H44N2O3/c1-20-5-6-21-17-32-33(27(21)15-20)18-28(34)26-10-9-24-23-8-7-22-16-29(2,35)13-14-31(22,19-36-4)25(23)11-12-30(24,26)3/h5-6,15,17,22-26,35H,7-14,16,18-19H2,1-4H3/t22-,23-,24-,25-,26+,29+,30-,31+/m0/s1. The molecule has 36 heavy (non-hydrogen) atoms. The summed E-state index contributed by atoms with van der Waals surface area (Å²) < 4.78 is 7.84. The van der Waals surface area contributed by atoms with Gasteiger partial charge in [0.2, 0.25) is 0 Å². The first-order chi connectivity index (χ1) is 17.2. The maximum absolute atomic E-state index is 13.8. The lowest BCUT2D eigenvalue weighted by Gasteiger charge is -2.62. The molecule has 0 saturated heterocycles. The molecule has 0 spiro atoms. The number of benzene rings is 1. The molecule has 4 fully saturated rings. The zero-order valence-electron chi connectivity index (χ0n) is 22.6. The number of aliphatic hydroxyl groups is 1. The van der Waals surface area contributed by atoms with E-state index in [-0.39, 0.29) is 16.7 Å². The molecule has 8 atom stereocenters. The quantitative estimate of drug-likeness (QED) is 0.560. The van der Waals surface area contributed by atoms with Crippen molar-refractivity contribution in [2.45, 2.75) is 90.7 Å². The number of ether oxygens (including phenoxy) is 1. The van der Waals surface area contributed by atoms with Crippen LogP contribution in [0.2, 0.25) is 0 Å². The highest BCUT2D eigenvalue weighted by Crippen LogP contribution is 2.68. The number of hydrogen-bond donors (Lipinski definition) is 1. The molecule has 5 nitrogen and oxygen atoms in total. The summed E-state index contributed by atoms with van der Waals surface area (Å²) in [5.41, 5.74) is 2.04. The van der Waals surface area contributed by atoms with Crippen molar-refractivity contribution in [3.8, 4) is 0 Å². The Kier molecular flexibility index (Phi) is 5.92. The van der Waals surface area contributed by atoms with Crippen LogP contribution >= 0.6 is 0 Å². The smallest absolute Gasteiger partial charge is 0.157 e. The summed E-state index contributed by atoms with van der Waals surface area (Å²) in [6.07, 6.45) is 11.8. The molecule has 1 aromatic heterocycles. The molecule has 0 unspecified atom stereocenters. The Hall–Kier alpha value is -1.72. The third-order valence-corrected chi connectivity index (χ3v) is 11.6. The summed E-state index contributed by atoms with van der Waals surface area (Å²) in [6, 6.07) is 6.36. The maximum atomic E-state index is 13.8. The van der Waals surface area contributed by atoms with Gasteiger partial charge in [0.15, 0.2) is 5.78 Å². The molecule has 196 valence electrons. The van der Waals surface area contributed by atoms with Crippen LogP contribution in [0.3, 0.4) is 0 Å². The topological polar surface area (TPSA) is 64.3 Å². The second-order valence-corrected chi connectivity index (χ2v) is 13.5. The molecule has 1 heterocycles. The number of aryl methyl sites for hydroxylation is 1. The Morgan fingerprint density at radius 2 is 1.94 bits per heavy atom. The highest BCUT2D eigenvalue weighted by Gasteiger charge is 2.63. The van der Waals surface area contributed by atoms with Crippen LogP contribution in [0.4, 0.5) is 0 Å². The fraction of sp³-hybridized carbons (Fsp3) is 0.742. The van der Waals surface area contributed by atoms with E-state index < -0.39 is 5.60 Å². The van der Waals surface area contributed by atoms with Crippen molar-refractivity contribution in [2.24, 2.45) is 40.4 Å². The molecule has 4 aliphatic rings. The van der Waals surface area contributed by atoms with Gasteiger partial charge < -0.3 is 9.84 Å². The van der Waals surface area contributed by atoms with Crippen molar-refractivity contribution in [2.75, 3.05) is 13.7 Å². The van der Waals surface area contributed by atoms with E-state index in [4.69, 9.17) is 4.74 Å². The van der Waals surface area contributed by atoms with Crippen LogP contribution in [-0.4, -0.2) is 40.0 Å². The minimum Gasteiger partial charge on any atom is -0.390 e. The average molecular weight is 493 g/mol. The molecule has 0 radical (unpaired) electrons. The van der Waals surface area contributed by atoms with Crippen molar-refractivity contribution >= 4 is 16.7 Å². The summed E-state index contributed by atoms with van der Waals surface area (Å²) >= 11 is 0. The minimum atomic E-state index is -0.530. The number of hydrogen-bond acceptors (Lipinski definition) is 4. The molecule has 1 N–H and O–H groups in total. The third-order valence-electron chi connectivity index (χ3n) is 11.6. The first kappa shape index (κ1) is 24.6. The van der Waals surface area contributed by atoms with Crippen LogP contribution in [0.25, 0.3) is 10.9 Å². The lowest BCUT2D eigenvalue weighted by molar-refractivity contribution is -0.175. The van der Waals surface area contributed by atoms with Gasteiger partial charge >= 0.3 is 0 Å². The number of aromatic nitrogens is 2. The average Bonchev–Trinajstić information content (AvgIpc) is 3.39. The van der Waals surface area contributed by atoms with Crippen LogP contribution in [0, 0.1) is 47.3 Å². The fourth-order valence-electron chi connectivity index (χ4n) is 9.88. The van der Waals surface area contributed by atoms with E-state index in [0.29, 0.717) is 36.0 Å². The first-order valence-electron chi connectivity index (χ1n) is 14.3. The van der Waals surface area contributed by atoms with Crippen molar-refractivity contribution in [3.63, 3.8) is 0 Å². The molecule has 0 amide bonds. The summed E-state index contributed by atoms with van der Waals surface area (Å²) in [7, 11) is 1.86. The number of nitrogens with zero attached hydrogens (tertiary/aromatic N) is 2. The third kappa shape index (κ3) is 3.71. The fourth-order valence-corrected chi connectivity index (χ4v) is 9.88. The van der Waals surface area contributed by atoms with Gasteiger partial charge in [0.1, 0.15) is 6.54 Å². The molecule has 0 bridgehead atoms. The molecule has 0 aliphatic heterocycles. The van der Waals surface area contributed by atoms with E-state index in [2.05, 4.69) is 37.1 Å². The van der Waals surface area contributed by atoms with Gasteiger partial charge in [-0.15, -0.1) is 0 Å². The predicted octanol–water partition coefficient (Wildman–Crippen LogP) is 5.95. The number of fused-ring (bicyclic) bond motifs is 6. The van der Waals surface area contributed by atoms with Crippen LogP contribution in [-0.2, 0) is 16.1 Å². The number of carbonyl (C=O) groups excluding carboxylic acids is 1. The Bertz CT molecular complexity index is 1150. The van der Waals surface area contributed by atoms with Gasteiger partial charge in [-0.1, -0.05) is 19.1 Å². The van der Waals surface area contributed by atoms with Crippen molar-refractivity contribution in [3.05, 3.63) is 30.0 Å². The van der Waals surface area contributed by atoms with Gasteiger partial charge in [0.25, 0.3) is 0 Å². The van der Waals surface area contributed by atoms with Crippen LogP contribution in [0.15, 0.2) is 24.4 Å². The summed E-state index contributed by atoms with van der Waals surface area (Å²) in [5, 5.41) is 16.6. The molecule has 4 aliphatic carbocycles. The number of Topliss-reactive ketones (excluding diaryl/α,β-unsaturated/α-hetero) is 1. The summed E-state index contributed by atoms with van der Waals surface area (Å²) in [5.74, 6) is 3.04. The SMILES string of the molecule is COC[C@]12CC[C@@](C)(O)C[C@@H]1CC[C@H]1[C@@H]3CC[C@H](C(=O)Cn4ncc5ccc(C)cc54)[C@@]3(C)CC[C@@H]12. The number of methoxy groups -OCH3 is 1. The predicted molar refractivity (Wildman–Crippen MR) is 142 cm³/mol. The number of carbonyl (C=O) groups is 1. The van der Waals surface area contributed by atoms with Crippen molar-refractivity contribution < 1.29 is 14.6 Å². The van der Waals surface area contributed by atoms with Gasteiger partial charge in [0, 0.05) is 18.4 Å². The molecular weight excluding hydrogens is 448 g/mol. The van der Waals surface area contributed by atoms with E-state index in [1.54, 1.807) is 0 Å². The lowest BCUT2D eigenvalue weighted by Crippen LogP contribution is -2.58. The minimum absolute atomic E-state index is 0.0956. The molecule has 6 rings (SSSR count). The molecule has 4 saturated carbocycles. The maximum Gasteiger partial charge on any atom is 0.157 e. The molecule has 1 aromatic carbocycles. The zero-order valence-corrected chi connectivity index (χ0v) is 22.6. The summed E-state index contributed by atoms with van der Waals surface area (Å²) in [6.45, 7) is 7.78. The van der Waals surface area contributed by atoms with E-state index >= 15 is 0 Å². The monoisotopic (exact) mass is 492 g/mol. The van der Waals surface area contributed by atoms with E-state index in [1.807, 2.05) is 24.9 Å². The molecular formula is C31H44N2O3. The molecule has 2 aromatic rings. The highest BCUT2D eigenvalue weighted by molar-refractivity contribution is 5.85.